The molecule has 96 valence electrons. The molecule has 1 atom stereocenters. The van der Waals surface area contributed by atoms with Crippen LogP contribution >= 0.6 is 0 Å². The van der Waals surface area contributed by atoms with E-state index in [9.17, 15) is 4.39 Å². The van der Waals surface area contributed by atoms with Crippen molar-refractivity contribution in [3.8, 4) is 0 Å². The van der Waals surface area contributed by atoms with E-state index in [1.165, 1.54) is 0 Å². The number of halogens is 1. The molecule has 0 radical (unpaired) electrons. The molecule has 1 unspecified atom stereocenters. The van der Waals surface area contributed by atoms with Crippen molar-refractivity contribution >= 4 is 5.82 Å². The van der Waals surface area contributed by atoms with Crippen molar-refractivity contribution < 1.29 is 9.13 Å². The molecule has 17 heavy (non-hydrogen) atoms. The molecule has 0 aliphatic carbocycles. The fourth-order valence-electron chi connectivity index (χ4n) is 1.67. The summed E-state index contributed by atoms with van der Waals surface area (Å²) in [5.74, 6) is 0.614. The number of nitrogens with one attached hydrogen (secondary N) is 1. The summed E-state index contributed by atoms with van der Waals surface area (Å²) in [7, 11) is 1.61. The molecule has 1 heterocycles. The van der Waals surface area contributed by atoms with Gasteiger partial charge in [0.1, 0.15) is 6.10 Å². The molecule has 0 spiro atoms. The summed E-state index contributed by atoms with van der Waals surface area (Å²) in [5.41, 5.74) is 0.341. The van der Waals surface area contributed by atoms with Crippen LogP contribution in [0.5, 0.6) is 0 Å². The zero-order valence-corrected chi connectivity index (χ0v) is 11.0. The van der Waals surface area contributed by atoms with Crippen LogP contribution in [-0.2, 0) is 4.74 Å². The van der Waals surface area contributed by atoms with E-state index >= 15 is 0 Å². The molecule has 1 rings (SSSR count). The Morgan fingerprint density at radius 2 is 2.00 bits per heavy atom. The highest BCUT2D eigenvalue weighted by molar-refractivity contribution is 5.38. The molecule has 1 aromatic heterocycles. The molecule has 4 nitrogen and oxygen atoms in total. The summed E-state index contributed by atoms with van der Waals surface area (Å²) in [5, 5.41) is 2.89. The number of aryl methyl sites for hydroxylation is 1. The monoisotopic (exact) mass is 241 g/mol. The van der Waals surface area contributed by atoms with E-state index in [2.05, 4.69) is 15.3 Å². The minimum absolute atomic E-state index is 0.216. The fraction of sp³-hybridized carbons (Fsp3) is 0.667. The standard InChI is InChI=1S/C12H20FN3O/c1-6-14-11-9(13)8(4)15-12(16-11)10(17-5)7(2)3/h7,10H,6H2,1-5H3,(H,14,15,16). The zero-order valence-electron chi connectivity index (χ0n) is 11.0. The van der Waals surface area contributed by atoms with Crippen LogP contribution in [0.1, 0.15) is 38.4 Å². The van der Waals surface area contributed by atoms with E-state index < -0.39 is 5.82 Å². The van der Waals surface area contributed by atoms with Crippen molar-refractivity contribution in [3.05, 3.63) is 17.3 Å². The highest BCUT2D eigenvalue weighted by atomic mass is 19.1. The van der Waals surface area contributed by atoms with Crippen molar-refractivity contribution in [2.75, 3.05) is 19.0 Å². The lowest BCUT2D eigenvalue weighted by atomic mass is 10.1. The number of ether oxygens (including phenoxy) is 1. The average Bonchev–Trinajstić information content (AvgIpc) is 2.26. The van der Waals surface area contributed by atoms with E-state index in [0.29, 0.717) is 18.1 Å². The number of nitrogens with zero attached hydrogens (tertiary/aromatic N) is 2. The van der Waals surface area contributed by atoms with Gasteiger partial charge < -0.3 is 10.1 Å². The summed E-state index contributed by atoms with van der Waals surface area (Å²) in [4.78, 5) is 8.35. The topological polar surface area (TPSA) is 47.0 Å². The quantitative estimate of drug-likeness (QED) is 0.861. The first-order valence-electron chi connectivity index (χ1n) is 5.81. The number of aromatic nitrogens is 2. The van der Waals surface area contributed by atoms with Gasteiger partial charge >= 0.3 is 0 Å². The van der Waals surface area contributed by atoms with Gasteiger partial charge in [-0.15, -0.1) is 0 Å². The molecule has 0 amide bonds. The number of anilines is 1. The van der Waals surface area contributed by atoms with Gasteiger partial charge in [-0.05, 0) is 19.8 Å². The van der Waals surface area contributed by atoms with Gasteiger partial charge in [0.15, 0.2) is 17.5 Å². The van der Waals surface area contributed by atoms with Crippen LogP contribution < -0.4 is 5.32 Å². The molecule has 0 aliphatic heterocycles. The molecule has 0 saturated heterocycles. The third-order valence-electron chi connectivity index (χ3n) is 2.49. The first kappa shape index (κ1) is 13.8. The highest BCUT2D eigenvalue weighted by Crippen LogP contribution is 2.24. The van der Waals surface area contributed by atoms with Crippen molar-refractivity contribution in [1.29, 1.82) is 0 Å². The van der Waals surface area contributed by atoms with Gasteiger partial charge in [0.2, 0.25) is 0 Å². The van der Waals surface area contributed by atoms with Crippen molar-refractivity contribution in [2.24, 2.45) is 5.92 Å². The van der Waals surface area contributed by atoms with Gasteiger partial charge in [-0.1, -0.05) is 13.8 Å². The molecular weight excluding hydrogens is 221 g/mol. The maximum absolute atomic E-state index is 13.7. The highest BCUT2D eigenvalue weighted by Gasteiger charge is 2.21. The Hall–Kier alpha value is -1.23. The largest absolute Gasteiger partial charge is 0.373 e. The van der Waals surface area contributed by atoms with Gasteiger partial charge in [0.25, 0.3) is 0 Å². The lowest BCUT2D eigenvalue weighted by molar-refractivity contribution is 0.0573. The van der Waals surface area contributed by atoms with Crippen LogP contribution in [0, 0.1) is 18.7 Å². The Balaban J connectivity index is 3.16. The Labute approximate surface area is 102 Å². The summed E-state index contributed by atoms with van der Waals surface area (Å²) >= 11 is 0. The molecule has 1 N–H and O–H groups in total. The minimum Gasteiger partial charge on any atom is -0.373 e. The van der Waals surface area contributed by atoms with Gasteiger partial charge in [0.05, 0.1) is 5.69 Å². The molecule has 0 fully saturated rings. The molecule has 0 bridgehead atoms. The Morgan fingerprint density at radius 3 is 2.47 bits per heavy atom. The number of hydrogen-bond acceptors (Lipinski definition) is 4. The predicted octanol–water partition coefficient (Wildman–Crippen LogP) is 2.70. The number of rotatable bonds is 5. The van der Waals surface area contributed by atoms with Crippen molar-refractivity contribution in [1.82, 2.24) is 9.97 Å². The summed E-state index contributed by atoms with van der Waals surface area (Å²) < 4.78 is 19.1. The third-order valence-corrected chi connectivity index (χ3v) is 2.49. The Bertz CT molecular complexity index is 382. The zero-order chi connectivity index (χ0) is 13.0. The Morgan fingerprint density at radius 1 is 1.35 bits per heavy atom. The van der Waals surface area contributed by atoms with E-state index in [1.807, 2.05) is 20.8 Å². The lowest BCUT2D eigenvalue weighted by Gasteiger charge is -2.19. The van der Waals surface area contributed by atoms with E-state index in [4.69, 9.17) is 4.74 Å². The van der Waals surface area contributed by atoms with Gasteiger partial charge in [-0.25, -0.2) is 14.4 Å². The predicted molar refractivity (Wildman–Crippen MR) is 65.5 cm³/mol. The first-order valence-corrected chi connectivity index (χ1v) is 5.81. The summed E-state index contributed by atoms with van der Waals surface area (Å²) in [6.07, 6.45) is -0.216. The Kier molecular flexibility index (Phi) is 4.81. The molecule has 0 saturated carbocycles. The first-order chi connectivity index (χ1) is 8.01. The van der Waals surface area contributed by atoms with Crippen molar-refractivity contribution in [2.45, 2.75) is 33.8 Å². The second-order valence-electron chi connectivity index (χ2n) is 4.26. The van der Waals surface area contributed by atoms with Crippen LogP contribution in [0.2, 0.25) is 0 Å². The average molecular weight is 241 g/mol. The molecule has 5 heteroatoms. The second kappa shape index (κ2) is 5.91. The van der Waals surface area contributed by atoms with E-state index in [0.717, 1.165) is 0 Å². The van der Waals surface area contributed by atoms with Crippen LogP contribution in [0.15, 0.2) is 0 Å². The van der Waals surface area contributed by atoms with Crippen LogP contribution in [0.4, 0.5) is 10.2 Å². The second-order valence-corrected chi connectivity index (χ2v) is 4.26. The van der Waals surface area contributed by atoms with Crippen LogP contribution in [0.3, 0.4) is 0 Å². The SMILES string of the molecule is CCNc1nc(C(OC)C(C)C)nc(C)c1F. The van der Waals surface area contributed by atoms with Crippen molar-refractivity contribution in [3.63, 3.8) is 0 Å². The summed E-state index contributed by atoms with van der Waals surface area (Å²) in [6.45, 7) is 8.18. The van der Waals surface area contributed by atoms with Gasteiger partial charge in [-0.3, -0.25) is 0 Å². The summed E-state index contributed by atoms with van der Waals surface area (Å²) in [6, 6.07) is 0. The number of methoxy groups -OCH3 is 1. The lowest BCUT2D eigenvalue weighted by Crippen LogP contribution is -2.16. The van der Waals surface area contributed by atoms with Gasteiger partial charge in [0, 0.05) is 13.7 Å². The molecule has 1 aromatic rings. The third kappa shape index (κ3) is 3.12. The normalized spacial score (nSPS) is 12.9. The van der Waals surface area contributed by atoms with Crippen LogP contribution in [0.25, 0.3) is 0 Å². The maximum Gasteiger partial charge on any atom is 0.186 e. The molecule has 0 aromatic carbocycles. The van der Waals surface area contributed by atoms with E-state index in [-0.39, 0.29) is 17.8 Å². The number of hydrogen-bond donors (Lipinski definition) is 1. The maximum atomic E-state index is 13.7. The molecule has 0 aliphatic rings. The van der Waals surface area contributed by atoms with Gasteiger partial charge in [-0.2, -0.15) is 0 Å². The van der Waals surface area contributed by atoms with E-state index in [1.54, 1.807) is 14.0 Å². The smallest absolute Gasteiger partial charge is 0.186 e. The fourth-order valence-corrected chi connectivity index (χ4v) is 1.67. The molecular formula is C12H20FN3O. The minimum atomic E-state index is -0.394. The van der Waals surface area contributed by atoms with Crippen LogP contribution in [-0.4, -0.2) is 23.6 Å².